The summed E-state index contributed by atoms with van der Waals surface area (Å²) in [4.78, 5) is 29.3. The predicted molar refractivity (Wildman–Crippen MR) is 106 cm³/mol. The van der Waals surface area contributed by atoms with Crippen molar-refractivity contribution < 1.29 is 23.8 Å². The van der Waals surface area contributed by atoms with Crippen molar-refractivity contribution in [2.24, 2.45) is 0 Å². The van der Waals surface area contributed by atoms with Crippen molar-refractivity contribution in [2.75, 3.05) is 31.1 Å². The Morgan fingerprint density at radius 1 is 0.893 bits per heavy atom. The van der Waals surface area contributed by atoms with E-state index in [1.54, 1.807) is 55.5 Å². The van der Waals surface area contributed by atoms with Crippen LogP contribution in [-0.2, 0) is 14.3 Å². The average Bonchev–Trinajstić information content (AvgIpc) is 3.05. The lowest BCUT2D eigenvalue weighted by Gasteiger charge is -2.30. The number of ether oxygens (including phenoxy) is 3. The standard InChI is InChI=1S/C21H24N2O5/c1-5-18-20(24)23(15-8-12-17(27-3)13-9-15)19(21(25)28-4)22(18)14-6-10-16(26-2)11-7-14/h6-13,18-19H,5H2,1-4H3/t18-,19-/m0/s1. The molecule has 1 saturated heterocycles. The van der Waals surface area contributed by atoms with E-state index in [0.717, 1.165) is 5.69 Å². The van der Waals surface area contributed by atoms with Gasteiger partial charge in [0.1, 0.15) is 17.5 Å². The predicted octanol–water partition coefficient (Wildman–Crippen LogP) is 2.83. The number of hydrogen-bond acceptors (Lipinski definition) is 6. The first-order valence-corrected chi connectivity index (χ1v) is 9.03. The van der Waals surface area contributed by atoms with Crippen LogP contribution in [0.2, 0.25) is 0 Å². The molecule has 1 amide bonds. The molecular formula is C21H24N2O5. The lowest BCUT2D eigenvalue weighted by molar-refractivity contribution is -0.142. The van der Waals surface area contributed by atoms with Gasteiger partial charge in [-0.3, -0.25) is 9.69 Å². The molecule has 2 aromatic carbocycles. The summed E-state index contributed by atoms with van der Waals surface area (Å²) in [5.74, 6) is 0.711. The van der Waals surface area contributed by atoms with Crippen molar-refractivity contribution in [2.45, 2.75) is 25.6 Å². The van der Waals surface area contributed by atoms with E-state index in [0.29, 0.717) is 23.6 Å². The van der Waals surface area contributed by atoms with Crippen molar-refractivity contribution in [1.29, 1.82) is 0 Å². The normalized spacial score (nSPS) is 18.9. The number of esters is 1. The topological polar surface area (TPSA) is 68.3 Å². The number of benzene rings is 2. The number of nitrogens with zero attached hydrogens (tertiary/aromatic N) is 2. The largest absolute Gasteiger partial charge is 0.497 e. The van der Waals surface area contributed by atoms with Gasteiger partial charge in [0.25, 0.3) is 5.91 Å². The van der Waals surface area contributed by atoms with Gasteiger partial charge in [0, 0.05) is 11.4 Å². The van der Waals surface area contributed by atoms with Gasteiger partial charge in [-0.1, -0.05) is 6.92 Å². The molecule has 0 aromatic heterocycles. The highest BCUT2D eigenvalue weighted by Gasteiger charge is 2.50. The molecule has 0 unspecified atom stereocenters. The van der Waals surface area contributed by atoms with Gasteiger partial charge < -0.3 is 19.1 Å². The van der Waals surface area contributed by atoms with Gasteiger partial charge in [-0.05, 0) is 55.0 Å². The highest BCUT2D eigenvalue weighted by atomic mass is 16.5. The van der Waals surface area contributed by atoms with Gasteiger partial charge in [0.15, 0.2) is 0 Å². The molecule has 148 valence electrons. The zero-order valence-corrected chi connectivity index (χ0v) is 16.4. The van der Waals surface area contributed by atoms with Crippen LogP contribution in [0.1, 0.15) is 13.3 Å². The smallest absolute Gasteiger partial charge is 0.350 e. The van der Waals surface area contributed by atoms with Gasteiger partial charge >= 0.3 is 5.97 Å². The van der Waals surface area contributed by atoms with Gasteiger partial charge in [0.2, 0.25) is 6.17 Å². The summed E-state index contributed by atoms with van der Waals surface area (Å²) in [7, 11) is 4.49. The number of anilines is 2. The Morgan fingerprint density at radius 2 is 1.39 bits per heavy atom. The zero-order valence-electron chi connectivity index (χ0n) is 16.4. The minimum atomic E-state index is -0.899. The van der Waals surface area contributed by atoms with E-state index in [1.807, 2.05) is 19.1 Å². The summed E-state index contributed by atoms with van der Waals surface area (Å²) < 4.78 is 15.5. The molecule has 1 heterocycles. The van der Waals surface area contributed by atoms with Crippen LogP contribution in [0.4, 0.5) is 11.4 Å². The molecule has 7 nitrogen and oxygen atoms in total. The van der Waals surface area contributed by atoms with Crippen LogP contribution in [0.3, 0.4) is 0 Å². The summed E-state index contributed by atoms with van der Waals surface area (Å²) in [5, 5.41) is 0. The van der Waals surface area contributed by atoms with E-state index in [2.05, 4.69) is 0 Å². The third kappa shape index (κ3) is 3.35. The van der Waals surface area contributed by atoms with Gasteiger partial charge in [0.05, 0.1) is 21.3 Å². The Morgan fingerprint density at radius 3 is 1.82 bits per heavy atom. The molecule has 7 heteroatoms. The molecule has 3 rings (SSSR count). The van der Waals surface area contributed by atoms with Crippen LogP contribution in [0.25, 0.3) is 0 Å². The molecule has 1 aliphatic rings. The van der Waals surface area contributed by atoms with Crippen LogP contribution in [-0.4, -0.2) is 45.4 Å². The second kappa shape index (κ2) is 8.21. The van der Waals surface area contributed by atoms with E-state index in [-0.39, 0.29) is 5.91 Å². The first-order chi connectivity index (χ1) is 13.5. The molecule has 2 atom stereocenters. The van der Waals surface area contributed by atoms with Crippen LogP contribution >= 0.6 is 0 Å². The summed E-state index contributed by atoms with van der Waals surface area (Å²) in [6.45, 7) is 1.92. The van der Waals surface area contributed by atoms with E-state index >= 15 is 0 Å². The Bertz CT molecular complexity index is 835. The molecule has 0 bridgehead atoms. The second-order valence-corrected chi connectivity index (χ2v) is 6.33. The molecule has 0 saturated carbocycles. The minimum absolute atomic E-state index is 0.154. The maximum absolute atomic E-state index is 13.2. The third-order valence-electron chi connectivity index (χ3n) is 4.89. The van der Waals surface area contributed by atoms with Crippen molar-refractivity contribution in [1.82, 2.24) is 0 Å². The van der Waals surface area contributed by atoms with E-state index < -0.39 is 18.2 Å². The Balaban J connectivity index is 2.08. The van der Waals surface area contributed by atoms with Crippen molar-refractivity contribution in [3.8, 4) is 11.5 Å². The van der Waals surface area contributed by atoms with E-state index in [1.165, 1.54) is 12.0 Å². The Labute approximate surface area is 164 Å². The molecule has 0 aliphatic carbocycles. The van der Waals surface area contributed by atoms with Crippen molar-refractivity contribution in [3.63, 3.8) is 0 Å². The molecule has 0 radical (unpaired) electrons. The molecule has 0 spiro atoms. The van der Waals surface area contributed by atoms with E-state index in [9.17, 15) is 9.59 Å². The zero-order chi connectivity index (χ0) is 20.3. The van der Waals surface area contributed by atoms with Crippen LogP contribution in [0.15, 0.2) is 48.5 Å². The Kier molecular flexibility index (Phi) is 5.73. The maximum Gasteiger partial charge on any atom is 0.350 e. The molecule has 28 heavy (non-hydrogen) atoms. The van der Waals surface area contributed by atoms with Crippen molar-refractivity contribution in [3.05, 3.63) is 48.5 Å². The maximum atomic E-state index is 13.2. The summed E-state index contributed by atoms with van der Waals surface area (Å²) >= 11 is 0. The fourth-order valence-electron chi connectivity index (χ4n) is 3.48. The molecule has 1 fully saturated rings. The Hall–Kier alpha value is -3.22. The number of carbonyl (C=O) groups is 2. The fraction of sp³-hybridized carbons (Fsp3) is 0.333. The SMILES string of the molecule is CC[C@H]1C(=O)N(c2ccc(OC)cc2)[C@@H](C(=O)OC)N1c1ccc(OC)cc1. The highest BCUT2D eigenvalue weighted by molar-refractivity contribution is 6.09. The lowest BCUT2D eigenvalue weighted by atomic mass is 10.1. The first-order valence-electron chi connectivity index (χ1n) is 9.03. The van der Waals surface area contributed by atoms with Gasteiger partial charge in [-0.15, -0.1) is 0 Å². The monoisotopic (exact) mass is 384 g/mol. The first kappa shape index (κ1) is 19.5. The van der Waals surface area contributed by atoms with E-state index in [4.69, 9.17) is 14.2 Å². The van der Waals surface area contributed by atoms with Crippen LogP contribution < -0.4 is 19.3 Å². The summed E-state index contributed by atoms with van der Waals surface area (Å²) in [6, 6.07) is 13.8. The molecule has 0 N–H and O–H groups in total. The summed E-state index contributed by atoms with van der Waals surface area (Å²) in [6.07, 6.45) is -0.352. The number of amides is 1. The quantitative estimate of drug-likeness (QED) is 0.714. The second-order valence-electron chi connectivity index (χ2n) is 6.33. The summed E-state index contributed by atoms with van der Waals surface area (Å²) in [5.41, 5.74) is 1.35. The number of rotatable bonds is 6. The van der Waals surface area contributed by atoms with Gasteiger partial charge in [-0.2, -0.15) is 0 Å². The minimum Gasteiger partial charge on any atom is -0.497 e. The number of carbonyl (C=O) groups excluding carboxylic acids is 2. The molecule has 2 aromatic rings. The van der Waals surface area contributed by atoms with Crippen molar-refractivity contribution >= 4 is 23.3 Å². The lowest BCUT2D eigenvalue weighted by Crippen LogP contribution is -2.47. The highest BCUT2D eigenvalue weighted by Crippen LogP contribution is 2.36. The van der Waals surface area contributed by atoms with Crippen LogP contribution in [0, 0.1) is 0 Å². The fourth-order valence-corrected chi connectivity index (χ4v) is 3.48. The molecular weight excluding hydrogens is 360 g/mol. The van der Waals surface area contributed by atoms with Gasteiger partial charge in [-0.25, -0.2) is 4.79 Å². The van der Waals surface area contributed by atoms with Crippen LogP contribution in [0.5, 0.6) is 11.5 Å². The third-order valence-corrected chi connectivity index (χ3v) is 4.89. The number of hydrogen-bond donors (Lipinski definition) is 0. The average molecular weight is 384 g/mol. The number of methoxy groups -OCH3 is 3. The molecule has 1 aliphatic heterocycles.